The van der Waals surface area contributed by atoms with Crippen molar-refractivity contribution in [3.05, 3.63) is 34.3 Å². The molecule has 0 heterocycles. The van der Waals surface area contributed by atoms with Gasteiger partial charge >= 0.3 is 0 Å². The van der Waals surface area contributed by atoms with Crippen LogP contribution in [0.3, 0.4) is 0 Å². The van der Waals surface area contributed by atoms with Crippen LogP contribution in [0.1, 0.15) is 18.4 Å². The Hall–Kier alpha value is -0.900. The van der Waals surface area contributed by atoms with Crippen molar-refractivity contribution in [3.8, 4) is 6.07 Å². The normalized spacial score (nSPS) is 30.8. The highest BCUT2D eigenvalue weighted by Gasteiger charge is 2.69. The molecule has 0 saturated heterocycles. The number of nitrogens with two attached hydrogens (primary N) is 1. The van der Waals surface area contributed by atoms with E-state index in [2.05, 4.69) is 15.9 Å². The molecule has 1 aliphatic carbocycles. The number of sulfone groups is 1. The van der Waals surface area contributed by atoms with E-state index in [-0.39, 0.29) is 5.75 Å². The highest BCUT2D eigenvalue weighted by molar-refractivity contribution is 9.10. The molecule has 96 valence electrons. The van der Waals surface area contributed by atoms with E-state index in [0.29, 0.717) is 0 Å². The Bertz CT molecular complexity index is 606. The van der Waals surface area contributed by atoms with Crippen LogP contribution in [0.25, 0.3) is 0 Å². The summed E-state index contributed by atoms with van der Waals surface area (Å²) in [6, 6.07) is 9.21. The summed E-state index contributed by atoms with van der Waals surface area (Å²) < 4.78 is 24.8. The van der Waals surface area contributed by atoms with Crippen LogP contribution in [0.5, 0.6) is 0 Å². The predicted molar refractivity (Wildman–Crippen MR) is 72.7 cm³/mol. The van der Waals surface area contributed by atoms with Crippen molar-refractivity contribution >= 4 is 25.8 Å². The summed E-state index contributed by atoms with van der Waals surface area (Å²) >= 11 is 3.31. The standard InChI is InChI=1S/C12H13BrN2O2S/c1-2-18(16,17)11-10(12(11,15)7-14)8-3-5-9(13)6-4-8/h3-6,10-11H,2,15H2,1H3/t10-,11+,12-/m0/s1. The number of nitrogens with zero attached hydrogens (tertiary/aromatic N) is 1. The third kappa shape index (κ3) is 1.96. The molecule has 0 radical (unpaired) electrons. The SMILES string of the molecule is CCS(=O)(=O)[C@@H]1[C@H](c2ccc(Br)cc2)[C@@]1(N)C#N. The Morgan fingerprint density at radius 1 is 1.44 bits per heavy atom. The summed E-state index contributed by atoms with van der Waals surface area (Å²) in [6.07, 6.45) is 0. The highest BCUT2D eigenvalue weighted by Crippen LogP contribution is 2.53. The molecule has 4 nitrogen and oxygen atoms in total. The molecular formula is C12H13BrN2O2S. The molecule has 0 amide bonds. The van der Waals surface area contributed by atoms with E-state index in [0.717, 1.165) is 10.0 Å². The topological polar surface area (TPSA) is 83.9 Å². The van der Waals surface area contributed by atoms with Gasteiger partial charge in [0.2, 0.25) is 0 Å². The Kier molecular flexibility index (Phi) is 3.26. The molecule has 1 aromatic rings. The fourth-order valence-electron chi connectivity index (χ4n) is 2.31. The first-order chi connectivity index (χ1) is 8.36. The van der Waals surface area contributed by atoms with Crippen molar-refractivity contribution in [2.75, 3.05) is 5.75 Å². The Labute approximate surface area is 115 Å². The molecule has 0 spiro atoms. The molecule has 0 bridgehead atoms. The third-order valence-corrected chi connectivity index (χ3v) is 6.16. The molecule has 0 aliphatic heterocycles. The largest absolute Gasteiger partial charge is 0.312 e. The average molecular weight is 329 g/mol. The number of benzene rings is 1. The predicted octanol–water partition coefficient (Wildman–Crippen LogP) is 1.57. The molecule has 18 heavy (non-hydrogen) atoms. The number of halogens is 1. The smallest absolute Gasteiger partial charge is 0.156 e. The van der Waals surface area contributed by atoms with Gasteiger partial charge in [-0.1, -0.05) is 35.0 Å². The van der Waals surface area contributed by atoms with Crippen LogP contribution in [0.2, 0.25) is 0 Å². The molecule has 2 rings (SSSR count). The summed E-state index contributed by atoms with van der Waals surface area (Å²) in [5.41, 5.74) is 5.42. The van der Waals surface area contributed by atoms with Crippen molar-refractivity contribution in [2.24, 2.45) is 5.73 Å². The van der Waals surface area contributed by atoms with Gasteiger partial charge in [-0.3, -0.25) is 0 Å². The molecule has 1 saturated carbocycles. The van der Waals surface area contributed by atoms with Gasteiger partial charge in [0.15, 0.2) is 9.84 Å². The molecule has 6 heteroatoms. The van der Waals surface area contributed by atoms with Crippen LogP contribution in [0, 0.1) is 11.3 Å². The van der Waals surface area contributed by atoms with Gasteiger partial charge in [0.25, 0.3) is 0 Å². The van der Waals surface area contributed by atoms with E-state index in [1.54, 1.807) is 19.1 Å². The minimum Gasteiger partial charge on any atom is -0.312 e. The molecular weight excluding hydrogens is 316 g/mol. The number of hydrogen-bond donors (Lipinski definition) is 1. The average Bonchev–Trinajstić information content (AvgIpc) is 2.98. The second-order valence-corrected chi connectivity index (χ2v) is 7.77. The molecule has 3 atom stereocenters. The van der Waals surface area contributed by atoms with Gasteiger partial charge in [0, 0.05) is 16.1 Å². The zero-order chi connectivity index (χ0) is 13.6. The second kappa shape index (κ2) is 4.34. The van der Waals surface area contributed by atoms with Gasteiger partial charge in [0.1, 0.15) is 10.8 Å². The fourth-order valence-corrected chi connectivity index (χ4v) is 4.45. The zero-order valence-corrected chi connectivity index (χ0v) is 12.2. The maximum Gasteiger partial charge on any atom is 0.156 e. The first kappa shape index (κ1) is 13.5. The molecule has 0 unspecified atom stereocenters. The van der Waals surface area contributed by atoms with Gasteiger partial charge in [-0.25, -0.2) is 8.42 Å². The summed E-state index contributed by atoms with van der Waals surface area (Å²) in [5, 5.41) is 8.34. The number of rotatable bonds is 3. The lowest BCUT2D eigenvalue weighted by molar-refractivity contribution is 0.593. The van der Waals surface area contributed by atoms with Crippen molar-refractivity contribution in [1.29, 1.82) is 5.26 Å². The van der Waals surface area contributed by atoms with E-state index in [1.165, 1.54) is 0 Å². The van der Waals surface area contributed by atoms with E-state index in [9.17, 15) is 8.42 Å². The molecule has 0 aromatic heterocycles. The van der Waals surface area contributed by atoms with Crippen LogP contribution >= 0.6 is 15.9 Å². The van der Waals surface area contributed by atoms with Gasteiger partial charge in [0.05, 0.1) is 6.07 Å². The Morgan fingerprint density at radius 3 is 2.44 bits per heavy atom. The van der Waals surface area contributed by atoms with Crippen molar-refractivity contribution in [1.82, 2.24) is 0 Å². The quantitative estimate of drug-likeness (QED) is 0.912. The maximum atomic E-state index is 11.9. The monoisotopic (exact) mass is 328 g/mol. The van der Waals surface area contributed by atoms with Gasteiger partial charge in [-0.15, -0.1) is 0 Å². The third-order valence-electron chi connectivity index (χ3n) is 3.39. The molecule has 2 N–H and O–H groups in total. The van der Waals surface area contributed by atoms with Crippen molar-refractivity contribution in [3.63, 3.8) is 0 Å². The summed E-state index contributed by atoms with van der Waals surface area (Å²) in [4.78, 5) is 0. The molecule has 1 aliphatic rings. The number of hydrogen-bond acceptors (Lipinski definition) is 4. The fraction of sp³-hybridized carbons (Fsp3) is 0.417. The number of nitriles is 1. The first-order valence-corrected chi connectivity index (χ1v) is 8.05. The molecule has 1 aromatic carbocycles. The lowest BCUT2D eigenvalue weighted by Crippen LogP contribution is -2.29. The zero-order valence-electron chi connectivity index (χ0n) is 9.80. The van der Waals surface area contributed by atoms with E-state index in [4.69, 9.17) is 11.0 Å². The molecule has 1 fully saturated rings. The van der Waals surface area contributed by atoms with Gasteiger partial charge < -0.3 is 5.73 Å². The highest BCUT2D eigenvalue weighted by atomic mass is 79.9. The van der Waals surface area contributed by atoms with Crippen molar-refractivity contribution in [2.45, 2.75) is 23.6 Å². The summed E-state index contributed by atoms with van der Waals surface area (Å²) in [7, 11) is -3.31. The maximum absolute atomic E-state index is 11.9. The van der Waals surface area contributed by atoms with Crippen LogP contribution in [-0.2, 0) is 9.84 Å². The minimum absolute atomic E-state index is 0.00528. The lowest BCUT2D eigenvalue weighted by atomic mass is 10.1. The lowest BCUT2D eigenvalue weighted by Gasteiger charge is -2.00. The minimum atomic E-state index is -3.31. The van der Waals surface area contributed by atoms with E-state index >= 15 is 0 Å². The summed E-state index contributed by atoms with van der Waals surface area (Å²) in [5.74, 6) is -0.425. The van der Waals surface area contributed by atoms with Gasteiger partial charge in [-0.05, 0) is 17.7 Å². The van der Waals surface area contributed by atoms with Crippen LogP contribution in [0.4, 0.5) is 0 Å². The second-order valence-electron chi connectivity index (χ2n) is 4.45. The van der Waals surface area contributed by atoms with E-state index in [1.807, 2.05) is 18.2 Å². The van der Waals surface area contributed by atoms with Crippen molar-refractivity contribution < 1.29 is 8.42 Å². The van der Waals surface area contributed by atoms with Crippen LogP contribution < -0.4 is 5.73 Å². The van der Waals surface area contributed by atoms with E-state index < -0.39 is 26.5 Å². The first-order valence-electron chi connectivity index (χ1n) is 5.54. The van der Waals surface area contributed by atoms with Crippen LogP contribution in [-0.4, -0.2) is 25.0 Å². The van der Waals surface area contributed by atoms with Gasteiger partial charge in [-0.2, -0.15) is 5.26 Å². The Balaban J connectivity index is 2.41. The Morgan fingerprint density at radius 2 is 2.00 bits per heavy atom. The van der Waals surface area contributed by atoms with Crippen LogP contribution in [0.15, 0.2) is 28.7 Å². The summed E-state index contributed by atoms with van der Waals surface area (Å²) in [6.45, 7) is 1.57.